The first-order valence-electron chi connectivity index (χ1n) is 8.51. The van der Waals surface area contributed by atoms with Crippen molar-refractivity contribution in [2.45, 2.75) is 19.3 Å². The average Bonchev–Trinajstić information content (AvgIpc) is 2.69. The van der Waals surface area contributed by atoms with Gasteiger partial charge in [-0.05, 0) is 13.3 Å². The van der Waals surface area contributed by atoms with Gasteiger partial charge in [-0.15, -0.1) is 0 Å². The van der Waals surface area contributed by atoms with E-state index in [1.165, 1.54) is 5.56 Å². The Hall–Kier alpha value is -3.07. The van der Waals surface area contributed by atoms with Crippen molar-refractivity contribution in [3.8, 4) is 22.8 Å². The van der Waals surface area contributed by atoms with Gasteiger partial charge in [-0.25, -0.2) is 15.0 Å². The summed E-state index contributed by atoms with van der Waals surface area (Å²) in [7, 11) is 0. The van der Waals surface area contributed by atoms with Crippen molar-refractivity contribution in [1.29, 1.82) is 0 Å². The predicted octanol–water partition coefficient (Wildman–Crippen LogP) is 5.11. The van der Waals surface area contributed by atoms with Crippen LogP contribution in [0.3, 0.4) is 0 Å². The third kappa shape index (κ3) is 3.41. The largest absolute Gasteiger partial charge is 0.212 e. The van der Waals surface area contributed by atoms with Crippen molar-refractivity contribution in [3.63, 3.8) is 0 Å². The Morgan fingerprint density at radius 2 is 1.44 bits per heavy atom. The van der Waals surface area contributed by atoms with Crippen molar-refractivity contribution in [2.24, 2.45) is 0 Å². The molecule has 3 aromatic rings. The molecule has 3 nitrogen and oxygen atoms in total. The van der Waals surface area contributed by atoms with Crippen molar-refractivity contribution in [3.05, 3.63) is 90.3 Å². The van der Waals surface area contributed by atoms with E-state index in [0.29, 0.717) is 0 Å². The van der Waals surface area contributed by atoms with E-state index in [9.17, 15) is 0 Å². The lowest BCUT2D eigenvalue weighted by Gasteiger charge is -2.14. The smallest absolute Gasteiger partial charge is 0.163 e. The summed E-state index contributed by atoms with van der Waals surface area (Å²) >= 11 is 0. The van der Waals surface area contributed by atoms with Crippen LogP contribution in [0.15, 0.2) is 78.9 Å². The molecule has 0 aliphatic heterocycles. The lowest BCUT2D eigenvalue weighted by molar-refractivity contribution is 0.764. The van der Waals surface area contributed by atoms with Gasteiger partial charge < -0.3 is 0 Å². The van der Waals surface area contributed by atoms with Gasteiger partial charge in [0.15, 0.2) is 11.6 Å². The Kier molecular flexibility index (Phi) is 4.21. The lowest BCUT2D eigenvalue weighted by atomic mass is 10.00. The first-order chi connectivity index (χ1) is 12.3. The number of aryl methyl sites for hydroxylation is 1. The standard InChI is InChI=1S/C22H19N3/c1-16-12-14-19(15-13-16)22-24-20(17-8-4-2-5-9-17)23-21(25-22)18-10-6-3-7-11-18/h2-10,12-15,18H,11H2,1H3. The lowest BCUT2D eigenvalue weighted by Crippen LogP contribution is -2.07. The fourth-order valence-electron chi connectivity index (χ4n) is 2.88. The summed E-state index contributed by atoms with van der Waals surface area (Å²) < 4.78 is 0. The SMILES string of the molecule is Cc1ccc(-c2nc(-c3ccccc3)nc(C3C=CC=CC3)n2)cc1. The van der Waals surface area contributed by atoms with Crippen LogP contribution in [0.25, 0.3) is 22.8 Å². The first-order valence-corrected chi connectivity index (χ1v) is 8.51. The van der Waals surface area contributed by atoms with Crippen LogP contribution in [0.5, 0.6) is 0 Å². The van der Waals surface area contributed by atoms with Crippen LogP contribution in [0.1, 0.15) is 23.7 Å². The molecular weight excluding hydrogens is 306 g/mol. The predicted molar refractivity (Wildman–Crippen MR) is 101 cm³/mol. The molecule has 1 atom stereocenters. The van der Waals surface area contributed by atoms with Crippen LogP contribution < -0.4 is 0 Å². The van der Waals surface area contributed by atoms with Crippen LogP contribution in [-0.2, 0) is 0 Å². The summed E-state index contributed by atoms with van der Waals surface area (Å²) in [5.41, 5.74) is 3.25. The number of hydrogen-bond acceptors (Lipinski definition) is 3. The van der Waals surface area contributed by atoms with E-state index < -0.39 is 0 Å². The Morgan fingerprint density at radius 1 is 0.760 bits per heavy atom. The minimum absolute atomic E-state index is 0.194. The van der Waals surface area contributed by atoms with E-state index in [1.807, 2.05) is 30.3 Å². The van der Waals surface area contributed by atoms with Crippen LogP contribution >= 0.6 is 0 Å². The molecule has 122 valence electrons. The Labute approximate surface area is 147 Å². The molecule has 2 aromatic carbocycles. The molecule has 0 N–H and O–H groups in total. The fraction of sp³-hybridized carbons (Fsp3) is 0.136. The molecule has 1 unspecified atom stereocenters. The van der Waals surface area contributed by atoms with Gasteiger partial charge in [0.25, 0.3) is 0 Å². The molecule has 25 heavy (non-hydrogen) atoms. The van der Waals surface area contributed by atoms with Crippen LogP contribution in [0.2, 0.25) is 0 Å². The normalized spacial score (nSPS) is 16.1. The van der Waals surface area contributed by atoms with Gasteiger partial charge in [0.1, 0.15) is 5.82 Å². The second kappa shape index (κ2) is 6.81. The molecule has 0 amide bonds. The molecule has 0 bridgehead atoms. The number of nitrogens with zero attached hydrogens (tertiary/aromatic N) is 3. The zero-order valence-corrected chi connectivity index (χ0v) is 14.1. The van der Waals surface area contributed by atoms with Crippen LogP contribution in [0.4, 0.5) is 0 Å². The minimum Gasteiger partial charge on any atom is -0.212 e. The molecule has 0 saturated heterocycles. The van der Waals surface area contributed by atoms with E-state index in [-0.39, 0.29) is 5.92 Å². The molecule has 4 rings (SSSR count). The molecule has 0 fully saturated rings. The maximum absolute atomic E-state index is 4.78. The molecule has 3 heteroatoms. The van der Waals surface area contributed by atoms with Gasteiger partial charge in [-0.2, -0.15) is 0 Å². The number of rotatable bonds is 3. The molecule has 0 radical (unpaired) electrons. The highest BCUT2D eigenvalue weighted by molar-refractivity contribution is 5.61. The third-order valence-corrected chi connectivity index (χ3v) is 4.31. The number of aromatic nitrogens is 3. The van der Waals surface area contributed by atoms with E-state index in [4.69, 9.17) is 15.0 Å². The van der Waals surface area contributed by atoms with E-state index in [0.717, 1.165) is 35.0 Å². The summed E-state index contributed by atoms with van der Waals surface area (Å²) in [6.45, 7) is 2.08. The van der Waals surface area contributed by atoms with Gasteiger partial charge in [0.05, 0.1) is 0 Å². The zero-order valence-electron chi connectivity index (χ0n) is 14.1. The first kappa shape index (κ1) is 15.5. The highest BCUT2D eigenvalue weighted by Gasteiger charge is 2.16. The van der Waals surface area contributed by atoms with Gasteiger partial charge in [-0.1, -0.05) is 84.5 Å². The van der Waals surface area contributed by atoms with Gasteiger partial charge in [-0.3, -0.25) is 0 Å². The van der Waals surface area contributed by atoms with Crippen LogP contribution in [0, 0.1) is 6.92 Å². The van der Waals surface area contributed by atoms with Crippen molar-refractivity contribution >= 4 is 0 Å². The van der Waals surface area contributed by atoms with Crippen molar-refractivity contribution < 1.29 is 0 Å². The fourth-order valence-corrected chi connectivity index (χ4v) is 2.88. The monoisotopic (exact) mass is 325 g/mol. The quantitative estimate of drug-likeness (QED) is 0.671. The van der Waals surface area contributed by atoms with Crippen molar-refractivity contribution in [1.82, 2.24) is 15.0 Å². The second-order valence-electron chi connectivity index (χ2n) is 6.23. The van der Waals surface area contributed by atoms with E-state index in [1.54, 1.807) is 0 Å². The highest BCUT2D eigenvalue weighted by atomic mass is 15.0. The summed E-state index contributed by atoms with van der Waals surface area (Å²) in [5.74, 6) is 2.47. The summed E-state index contributed by atoms with van der Waals surface area (Å²) in [5, 5.41) is 0. The number of allylic oxidation sites excluding steroid dienone is 4. The van der Waals surface area contributed by atoms with Gasteiger partial charge in [0, 0.05) is 17.0 Å². The Bertz CT molecular complexity index is 925. The third-order valence-electron chi connectivity index (χ3n) is 4.31. The Balaban J connectivity index is 1.84. The van der Waals surface area contributed by atoms with Crippen LogP contribution in [-0.4, -0.2) is 15.0 Å². The highest BCUT2D eigenvalue weighted by Crippen LogP contribution is 2.26. The maximum Gasteiger partial charge on any atom is 0.163 e. The number of hydrogen-bond donors (Lipinski definition) is 0. The molecule has 0 saturated carbocycles. The molecule has 1 heterocycles. The molecule has 1 aliphatic carbocycles. The second-order valence-corrected chi connectivity index (χ2v) is 6.23. The summed E-state index contributed by atoms with van der Waals surface area (Å²) in [6, 6.07) is 18.4. The topological polar surface area (TPSA) is 38.7 Å². The van der Waals surface area contributed by atoms with E-state index in [2.05, 4.69) is 55.5 Å². The molecule has 1 aliphatic rings. The average molecular weight is 325 g/mol. The summed E-state index contributed by atoms with van der Waals surface area (Å²) in [4.78, 5) is 14.3. The summed E-state index contributed by atoms with van der Waals surface area (Å²) in [6.07, 6.45) is 9.36. The zero-order chi connectivity index (χ0) is 17.1. The maximum atomic E-state index is 4.78. The molecule has 0 spiro atoms. The van der Waals surface area contributed by atoms with Crippen molar-refractivity contribution in [2.75, 3.05) is 0 Å². The number of benzene rings is 2. The van der Waals surface area contributed by atoms with Gasteiger partial charge in [0.2, 0.25) is 0 Å². The molecule has 1 aromatic heterocycles. The minimum atomic E-state index is 0.194. The Morgan fingerprint density at radius 3 is 2.08 bits per heavy atom. The molecular formula is C22H19N3. The van der Waals surface area contributed by atoms with Gasteiger partial charge >= 0.3 is 0 Å². The van der Waals surface area contributed by atoms with E-state index >= 15 is 0 Å².